The molecule has 0 bridgehead atoms. The van der Waals surface area contributed by atoms with Crippen LogP contribution in [-0.2, 0) is 35.7 Å². The largest absolute Gasteiger partial charge is 0.458 e. The standard InChI is InChI=1S/C29H39N3O8S2/c1-19(2)16-22(28(34)40-29(3,4)5)31-17-23(39-18-20-12-8-7-9-13-20)25(26(41-6)27(31)33)30-42(37,38)24-15-11-10-14-21(24)32(35)36/h7-15,19,22-23,25-26,30H,16-18H2,1-6H3/t22-,23+,25-,26+/m0/s1. The van der Waals surface area contributed by atoms with Gasteiger partial charge in [-0.05, 0) is 51.0 Å². The summed E-state index contributed by atoms with van der Waals surface area (Å²) in [5.41, 5.74) is -0.540. The number of hydrogen-bond acceptors (Lipinski definition) is 9. The molecule has 0 radical (unpaired) electrons. The van der Waals surface area contributed by atoms with Crippen LogP contribution >= 0.6 is 11.8 Å². The van der Waals surface area contributed by atoms with Crippen LogP contribution in [0.2, 0.25) is 0 Å². The molecule has 42 heavy (non-hydrogen) atoms. The molecule has 2 aromatic rings. The van der Waals surface area contributed by atoms with Crippen molar-refractivity contribution >= 4 is 39.3 Å². The summed E-state index contributed by atoms with van der Waals surface area (Å²) in [4.78, 5) is 39.1. The summed E-state index contributed by atoms with van der Waals surface area (Å²) in [6.45, 7) is 9.14. The molecule has 1 aliphatic heterocycles. The summed E-state index contributed by atoms with van der Waals surface area (Å²) >= 11 is 1.11. The summed E-state index contributed by atoms with van der Waals surface area (Å²) < 4.78 is 41.6. The first-order chi connectivity index (χ1) is 19.6. The topological polar surface area (TPSA) is 145 Å². The highest BCUT2D eigenvalue weighted by Gasteiger charge is 2.49. The van der Waals surface area contributed by atoms with Crippen LogP contribution in [0.3, 0.4) is 0 Å². The molecule has 3 rings (SSSR count). The predicted octanol–water partition coefficient (Wildman–Crippen LogP) is 4.16. The smallest absolute Gasteiger partial charge is 0.329 e. The maximum atomic E-state index is 14.0. The van der Waals surface area contributed by atoms with E-state index in [1.165, 1.54) is 17.0 Å². The number of hydrogen-bond donors (Lipinski definition) is 1. The van der Waals surface area contributed by atoms with Gasteiger partial charge in [0.2, 0.25) is 15.9 Å². The third-order valence-electron chi connectivity index (χ3n) is 6.58. The molecular weight excluding hydrogens is 582 g/mol. The number of ether oxygens (including phenoxy) is 2. The Morgan fingerprint density at radius 2 is 1.76 bits per heavy atom. The molecule has 4 atom stereocenters. The molecular formula is C29H39N3O8S2. The van der Waals surface area contributed by atoms with Gasteiger partial charge in [0.05, 0.1) is 23.7 Å². The average Bonchev–Trinajstić information content (AvgIpc) is 2.91. The van der Waals surface area contributed by atoms with E-state index in [1.807, 2.05) is 44.2 Å². The van der Waals surface area contributed by atoms with Gasteiger partial charge in [0.15, 0.2) is 4.90 Å². The van der Waals surface area contributed by atoms with Crippen LogP contribution in [0.15, 0.2) is 59.5 Å². The Morgan fingerprint density at radius 3 is 2.33 bits per heavy atom. The monoisotopic (exact) mass is 621 g/mol. The van der Waals surface area contributed by atoms with Crippen LogP contribution in [0.4, 0.5) is 5.69 Å². The zero-order valence-electron chi connectivity index (χ0n) is 24.7. The summed E-state index contributed by atoms with van der Waals surface area (Å²) in [5, 5.41) is 10.6. The normalized spacial score (nSPS) is 20.4. The highest BCUT2D eigenvalue weighted by atomic mass is 32.2. The Hall–Kier alpha value is -3.00. The average molecular weight is 622 g/mol. The number of rotatable bonds is 12. The molecule has 1 N–H and O–H groups in total. The molecule has 0 unspecified atom stereocenters. The van der Waals surface area contributed by atoms with Crippen molar-refractivity contribution in [1.29, 1.82) is 0 Å². The van der Waals surface area contributed by atoms with Crippen molar-refractivity contribution < 1.29 is 32.4 Å². The molecule has 1 aliphatic rings. The van der Waals surface area contributed by atoms with Gasteiger partial charge in [0, 0.05) is 12.6 Å². The molecule has 2 aromatic carbocycles. The lowest BCUT2D eigenvalue weighted by atomic mass is 9.95. The summed E-state index contributed by atoms with van der Waals surface area (Å²) in [5.74, 6) is -0.958. The minimum atomic E-state index is -4.46. The van der Waals surface area contributed by atoms with Crippen LogP contribution in [0.1, 0.15) is 46.6 Å². The second-order valence-corrected chi connectivity index (χ2v) is 14.2. The zero-order valence-corrected chi connectivity index (χ0v) is 26.3. The van der Waals surface area contributed by atoms with Crippen LogP contribution in [-0.4, -0.2) is 72.0 Å². The number of nitro groups is 1. The Labute approximate surface area is 251 Å². The van der Waals surface area contributed by atoms with Crippen LogP contribution in [0.25, 0.3) is 0 Å². The van der Waals surface area contributed by atoms with E-state index >= 15 is 0 Å². The molecule has 0 aromatic heterocycles. The van der Waals surface area contributed by atoms with Crippen molar-refractivity contribution in [3.63, 3.8) is 0 Å². The van der Waals surface area contributed by atoms with Crippen molar-refractivity contribution in [3.8, 4) is 0 Å². The van der Waals surface area contributed by atoms with Crippen molar-refractivity contribution in [2.45, 2.75) is 81.6 Å². The number of nitrogens with one attached hydrogen (secondary N) is 1. The van der Waals surface area contributed by atoms with Gasteiger partial charge in [0.1, 0.15) is 16.9 Å². The van der Waals surface area contributed by atoms with E-state index in [2.05, 4.69) is 4.72 Å². The fourth-order valence-corrected chi connectivity index (χ4v) is 7.16. The van der Waals surface area contributed by atoms with Crippen LogP contribution in [0, 0.1) is 16.0 Å². The number of piperidine rings is 1. The number of amides is 1. The first-order valence-corrected chi connectivity index (χ1v) is 16.4. The second kappa shape index (κ2) is 14.0. The van der Waals surface area contributed by atoms with E-state index in [0.29, 0.717) is 6.42 Å². The number of nitro benzene ring substituents is 1. The number of carbonyl (C=O) groups excluding carboxylic acids is 2. The molecule has 1 heterocycles. The molecule has 1 saturated heterocycles. The fourth-order valence-electron chi connectivity index (χ4n) is 4.75. The fraction of sp³-hybridized carbons (Fsp3) is 0.517. The number of carbonyl (C=O) groups is 2. The molecule has 0 spiro atoms. The lowest BCUT2D eigenvalue weighted by Crippen LogP contribution is -2.66. The first kappa shape index (κ1) is 33.5. The zero-order chi connectivity index (χ0) is 31.2. The van der Waals surface area contributed by atoms with Gasteiger partial charge in [-0.2, -0.15) is 11.8 Å². The predicted molar refractivity (Wildman–Crippen MR) is 160 cm³/mol. The summed E-state index contributed by atoms with van der Waals surface area (Å²) in [7, 11) is -4.46. The molecule has 1 fully saturated rings. The van der Waals surface area contributed by atoms with E-state index in [4.69, 9.17) is 9.47 Å². The quantitative estimate of drug-likeness (QED) is 0.210. The van der Waals surface area contributed by atoms with Crippen LogP contribution in [0.5, 0.6) is 0 Å². The number of nitrogens with zero attached hydrogens (tertiary/aromatic N) is 2. The highest BCUT2D eigenvalue weighted by Crippen LogP contribution is 2.32. The van der Waals surface area contributed by atoms with Gasteiger partial charge < -0.3 is 14.4 Å². The minimum Gasteiger partial charge on any atom is -0.458 e. The third-order valence-corrected chi connectivity index (χ3v) is 9.09. The summed E-state index contributed by atoms with van der Waals surface area (Å²) in [6, 6.07) is 12.3. The number of para-hydroxylation sites is 1. The molecule has 1 amide bonds. The minimum absolute atomic E-state index is 0.0431. The van der Waals surface area contributed by atoms with Gasteiger partial charge in [-0.25, -0.2) is 17.9 Å². The van der Waals surface area contributed by atoms with Crippen molar-refractivity contribution in [2.75, 3.05) is 12.8 Å². The third kappa shape index (κ3) is 8.52. The van der Waals surface area contributed by atoms with Crippen molar-refractivity contribution in [3.05, 3.63) is 70.3 Å². The Balaban J connectivity index is 2.04. The van der Waals surface area contributed by atoms with Crippen LogP contribution < -0.4 is 4.72 Å². The second-order valence-electron chi connectivity index (χ2n) is 11.5. The van der Waals surface area contributed by atoms with E-state index in [0.717, 1.165) is 29.5 Å². The molecule has 0 saturated carbocycles. The molecule has 13 heteroatoms. The Kier molecular flexibility index (Phi) is 11.2. The van der Waals surface area contributed by atoms with Gasteiger partial charge in [-0.1, -0.05) is 56.3 Å². The van der Waals surface area contributed by atoms with E-state index in [9.17, 15) is 28.1 Å². The highest BCUT2D eigenvalue weighted by molar-refractivity contribution is 8.00. The Morgan fingerprint density at radius 1 is 1.14 bits per heavy atom. The van der Waals surface area contributed by atoms with E-state index in [1.54, 1.807) is 27.0 Å². The molecule has 0 aliphatic carbocycles. The maximum Gasteiger partial charge on any atom is 0.329 e. The summed E-state index contributed by atoms with van der Waals surface area (Å²) in [6.07, 6.45) is 1.10. The van der Waals surface area contributed by atoms with Gasteiger partial charge in [-0.3, -0.25) is 14.9 Å². The molecule has 11 nitrogen and oxygen atoms in total. The van der Waals surface area contributed by atoms with Crippen molar-refractivity contribution in [1.82, 2.24) is 9.62 Å². The first-order valence-electron chi connectivity index (χ1n) is 13.6. The number of likely N-dealkylation sites (tertiary alicyclic amines) is 1. The van der Waals surface area contributed by atoms with Gasteiger partial charge in [0.25, 0.3) is 5.69 Å². The van der Waals surface area contributed by atoms with E-state index < -0.39 is 66.4 Å². The SMILES string of the molecule is CS[C@H]1C(=O)N([C@@H](CC(C)C)C(=O)OC(C)(C)C)C[C@@H](OCc2ccccc2)[C@@H]1NS(=O)(=O)c1ccccc1[N+](=O)[O-]. The maximum absolute atomic E-state index is 14.0. The lowest BCUT2D eigenvalue weighted by Gasteiger charge is -2.45. The van der Waals surface area contributed by atoms with E-state index in [-0.39, 0.29) is 19.1 Å². The molecule has 230 valence electrons. The lowest BCUT2D eigenvalue weighted by molar-refractivity contribution is -0.387. The Bertz CT molecular complexity index is 1360. The van der Waals surface area contributed by atoms with Gasteiger partial charge >= 0.3 is 5.97 Å². The van der Waals surface area contributed by atoms with Gasteiger partial charge in [-0.15, -0.1) is 0 Å². The number of sulfonamides is 1. The number of thioether (sulfide) groups is 1. The number of esters is 1. The van der Waals surface area contributed by atoms with Crippen molar-refractivity contribution in [2.24, 2.45) is 5.92 Å². The number of benzene rings is 2.